The van der Waals surface area contributed by atoms with Crippen molar-refractivity contribution in [2.45, 2.75) is 50.4 Å². The summed E-state index contributed by atoms with van der Waals surface area (Å²) in [4.78, 5) is 19.5. The van der Waals surface area contributed by atoms with Gasteiger partial charge in [-0.05, 0) is 43.4 Å². The van der Waals surface area contributed by atoms with Gasteiger partial charge in [-0.3, -0.25) is 9.78 Å². The summed E-state index contributed by atoms with van der Waals surface area (Å²) in [5.41, 5.74) is 9.65. The number of hydrogen-bond donors (Lipinski definition) is 2. The molecular formula is C20H24Cl2N4O3S. The molecule has 30 heavy (non-hydrogen) atoms. The van der Waals surface area contributed by atoms with Crippen molar-refractivity contribution in [1.29, 1.82) is 0 Å². The van der Waals surface area contributed by atoms with Crippen LogP contribution in [0.1, 0.15) is 58.1 Å². The highest BCUT2D eigenvalue weighted by atomic mass is 35.5. The maximum absolute atomic E-state index is 13.3. The number of carbonyl (C=O) groups is 1. The van der Waals surface area contributed by atoms with Gasteiger partial charge in [0.2, 0.25) is 10.0 Å². The molecule has 1 amide bonds. The van der Waals surface area contributed by atoms with E-state index in [0.717, 1.165) is 16.8 Å². The summed E-state index contributed by atoms with van der Waals surface area (Å²) in [6.45, 7) is 2.92. The van der Waals surface area contributed by atoms with Crippen molar-refractivity contribution in [3.63, 3.8) is 0 Å². The first-order valence-electron chi connectivity index (χ1n) is 9.95. The molecule has 1 aliphatic heterocycles. The summed E-state index contributed by atoms with van der Waals surface area (Å²) in [6.07, 6.45) is 5.55. The minimum absolute atomic E-state index is 0.169. The molecule has 1 saturated carbocycles. The molecular weight excluding hydrogens is 447 g/mol. The Labute approximate surface area is 186 Å². The van der Waals surface area contributed by atoms with Gasteiger partial charge in [0, 0.05) is 41.3 Å². The molecule has 1 fully saturated rings. The Morgan fingerprint density at radius 2 is 2.07 bits per heavy atom. The van der Waals surface area contributed by atoms with Crippen molar-refractivity contribution in [3.05, 3.63) is 50.3 Å². The van der Waals surface area contributed by atoms with Crippen LogP contribution in [0.2, 0.25) is 0 Å². The highest BCUT2D eigenvalue weighted by molar-refractivity contribution is 7.90. The molecule has 2 heterocycles. The van der Waals surface area contributed by atoms with Crippen LogP contribution in [-0.2, 0) is 23.1 Å². The monoisotopic (exact) mass is 470 g/mol. The van der Waals surface area contributed by atoms with Crippen molar-refractivity contribution in [2.24, 2.45) is 5.73 Å². The van der Waals surface area contributed by atoms with Gasteiger partial charge in [-0.2, -0.15) is 0 Å². The minimum Gasteiger partial charge on any atom is -0.331 e. The second kappa shape index (κ2) is 8.24. The number of pyridine rings is 1. The van der Waals surface area contributed by atoms with Crippen LogP contribution in [0.25, 0.3) is 0 Å². The molecule has 0 aromatic carbocycles. The smallest absolute Gasteiger partial charge is 0.256 e. The van der Waals surface area contributed by atoms with Gasteiger partial charge in [-0.1, -0.05) is 29.3 Å². The molecule has 0 spiro atoms. The highest BCUT2D eigenvalue weighted by Gasteiger charge is 2.38. The maximum atomic E-state index is 13.3. The van der Waals surface area contributed by atoms with E-state index in [-0.39, 0.29) is 36.7 Å². The SMILES string of the molecule is Cc1nc2c(c([C@@H]3CC=C(Cl)C=C3Cl)c1CN)C(=O)N(CCNS(=O)(=O)C1CC1)C2. The molecule has 1 aromatic rings. The van der Waals surface area contributed by atoms with Gasteiger partial charge in [0.15, 0.2) is 0 Å². The Kier molecular flexibility index (Phi) is 5.98. The van der Waals surface area contributed by atoms with Crippen molar-refractivity contribution >= 4 is 39.1 Å². The van der Waals surface area contributed by atoms with E-state index in [1.54, 1.807) is 11.0 Å². The van der Waals surface area contributed by atoms with Gasteiger partial charge >= 0.3 is 0 Å². The summed E-state index contributed by atoms with van der Waals surface area (Å²) < 4.78 is 26.7. The lowest BCUT2D eigenvalue weighted by molar-refractivity contribution is 0.0780. The van der Waals surface area contributed by atoms with Crippen LogP contribution in [0.4, 0.5) is 0 Å². The molecule has 0 unspecified atom stereocenters. The van der Waals surface area contributed by atoms with Crippen LogP contribution >= 0.6 is 23.2 Å². The Balaban J connectivity index is 1.61. The van der Waals surface area contributed by atoms with Crippen LogP contribution in [0.15, 0.2) is 22.2 Å². The van der Waals surface area contributed by atoms with Crippen molar-refractivity contribution < 1.29 is 13.2 Å². The van der Waals surface area contributed by atoms with Crippen molar-refractivity contribution in [2.75, 3.05) is 13.1 Å². The first kappa shape index (κ1) is 21.8. The molecule has 1 aromatic heterocycles. The van der Waals surface area contributed by atoms with E-state index in [0.29, 0.717) is 47.1 Å². The van der Waals surface area contributed by atoms with E-state index in [4.69, 9.17) is 28.9 Å². The van der Waals surface area contributed by atoms with E-state index in [9.17, 15) is 13.2 Å². The topological polar surface area (TPSA) is 105 Å². The average molecular weight is 471 g/mol. The lowest BCUT2D eigenvalue weighted by Gasteiger charge is -2.24. The number of sulfonamides is 1. The fourth-order valence-corrected chi connectivity index (χ4v) is 6.07. The molecule has 3 aliphatic rings. The predicted octanol–water partition coefficient (Wildman–Crippen LogP) is 2.62. The third kappa shape index (κ3) is 4.03. The largest absolute Gasteiger partial charge is 0.331 e. The maximum Gasteiger partial charge on any atom is 0.256 e. The second-order valence-corrected chi connectivity index (χ2v) is 10.8. The molecule has 1 atom stereocenters. The van der Waals surface area contributed by atoms with Crippen LogP contribution in [-0.4, -0.2) is 42.5 Å². The lowest BCUT2D eigenvalue weighted by atomic mass is 9.84. The number of aromatic nitrogens is 1. The standard InChI is InChI=1S/C20H24Cl2N4O3S/c1-11-15(9-23)18(14-5-2-12(21)8-16(14)22)19-17(25-11)10-26(20(19)27)7-6-24-30(28,29)13-3-4-13/h2,8,13-14,24H,3-7,9-10,23H2,1H3/t14-/m1/s1. The number of hydrogen-bond acceptors (Lipinski definition) is 5. The lowest BCUT2D eigenvalue weighted by Crippen LogP contribution is -2.36. The van der Waals surface area contributed by atoms with Gasteiger partial charge in [0.25, 0.3) is 5.91 Å². The van der Waals surface area contributed by atoms with Gasteiger partial charge < -0.3 is 10.6 Å². The number of nitrogens with zero attached hydrogens (tertiary/aromatic N) is 2. The minimum atomic E-state index is -3.28. The van der Waals surface area contributed by atoms with Crippen LogP contribution < -0.4 is 10.5 Å². The molecule has 162 valence electrons. The number of carbonyl (C=O) groups excluding carboxylic acids is 1. The van der Waals surface area contributed by atoms with E-state index in [1.165, 1.54) is 0 Å². The van der Waals surface area contributed by atoms with Crippen LogP contribution in [0.3, 0.4) is 0 Å². The van der Waals surface area contributed by atoms with E-state index in [2.05, 4.69) is 9.71 Å². The first-order valence-corrected chi connectivity index (χ1v) is 12.3. The molecule has 10 heteroatoms. The number of rotatable bonds is 7. The summed E-state index contributed by atoms with van der Waals surface area (Å²) in [7, 11) is -3.28. The molecule has 0 bridgehead atoms. The number of halogens is 2. The number of fused-ring (bicyclic) bond motifs is 1. The summed E-state index contributed by atoms with van der Waals surface area (Å²) >= 11 is 12.6. The normalized spacial score (nSPS) is 21.5. The van der Waals surface area contributed by atoms with E-state index < -0.39 is 10.0 Å². The van der Waals surface area contributed by atoms with Crippen LogP contribution in [0.5, 0.6) is 0 Å². The van der Waals surface area contributed by atoms with Crippen LogP contribution in [0, 0.1) is 6.92 Å². The van der Waals surface area contributed by atoms with E-state index >= 15 is 0 Å². The fourth-order valence-electron chi connectivity index (χ4n) is 4.12. The number of amides is 1. The van der Waals surface area contributed by atoms with Gasteiger partial charge in [0.1, 0.15) is 0 Å². The summed E-state index contributed by atoms with van der Waals surface area (Å²) in [6, 6.07) is 0. The molecule has 4 rings (SSSR count). The van der Waals surface area contributed by atoms with E-state index in [1.807, 2.05) is 13.0 Å². The third-order valence-corrected chi connectivity index (χ3v) is 8.41. The predicted molar refractivity (Wildman–Crippen MR) is 117 cm³/mol. The summed E-state index contributed by atoms with van der Waals surface area (Å²) in [5, 5.41) is 0.851. The zero-order valence-electron chi connectivity index (χ0n) is 16.6. The van der Waals surface area contributed by atoms with Gasteiger partial charge in [-0.15, -0.1) is 0 Å². The van der Waals surface area contributed by atoms with Crippen molar-refractivity contribution in [1.82, 2.24) is 14.6 Å². The zero-order valence-corrected chi connectivity index (χ0v) is 18.9. The third-order valence-electron chi connectivity index (χ3n) is 5.82. The Bertz CT molecular complexity index is 1060. The average Bonchev–Trinajstić information content (AvgIpc) is 3.48. The molecule has 0 radical (unpaired) electrons. The molecule has 2 aliphatic carbocycles. The Hall–Kier alpha value is -1.45. The Morgan fingerprint density at radius 3 is 2.70 bits per heavy atom. The number of nitrogens with one attached hydrogen (secondary N) is 1. The second-order valence-electron chi connectivity index (χ2n) is 7.89. The first-order chi connectivity index (χ1) is 14.2. The number of aryl methyl sites for hydroxylation is 1. The number of nitrogens with two attached hydrogens (primary N) is 1. The van der Waals surface area contributed by atoms with Crippen molar-refractivity contribution in [3.8, 4) is 0 Å². The van der Waals surface area contributed by atoms with Gasteiger partial charge in [-0.25, -0.2) is 13.1 Å². The summed E-state index contributed by atoms with van der Waals surface area (Å²) in [5.74, 6) is -0.377. The molecule has 3 N–H and O–H groups in total. The Morgan fingerprint density at radius 1 is 1.33 bits per heavy atom. The molecule has 0 saturated heterocycles. The molecule has 7 nitrogen and oxygen atoms in total. The van der Waals surface area contributed by atoms with Gasteiger partial charge in [0.05, 0.1) is 23.1 Å². The highest BCUT2D eigenvalue weighted by Crippen LogP contribution is 2.42. The fraction of sp³-hybridized carbons (Fsp3) is 0.500. The zero-order chi connectivity index (χ0) is 21.6. The quantitative estimate of drug-likeness (QED) is 0.636. The number of allylic oxidation sites excluding steroid dienone is 4.